The Balaban J connectivity index is 1.50. The number of benzene rings is 3. The summed E-state index contributed by atoms with van der Waals surface area (Å²) < 4.78 is 88.6. The monoisotopic (exact) mass is 886 g/mol. The maximum atomic E-state index is 13.9. The number of aromatic nitrogens is 2. The lowest BCUT2D eigenvalue weighted by Gasteiger charge is -2.26. The zero-order valence-corrected chi connectivity index (χ0v) is 35.3. The summed E-state index contributed by atoms with van der Waals surface area (Å²) in [4.78, 5) is 58.9. The summed E-state index contributed by atoms with van der Waals surface area (Å²) in [6.07, 6.45) is -4.22. The number of unbranched alkanes of at least 4 members (excludes halogenated alkanes) is 1. The van der Waals surface area contributed by atoms with Crippen LogP contribution >= 0.6 is 23.2 Å². The van der Waals surface area contributed by atoms with Crippen LogP contribution in [-0.4, -0.2) is 84.4 Å². The molecule has 3 amide bonds. The number of carbonyl (C=O) groups is 2. The minimum absolute atomic E-state index is 0.0159. The van der Waals surface area contributed by atoms with Crippen LogP contribution in [0.2, 0.25) is 10.0 Å². The molecule has 1 aromatic heterocycles. The molecular weight excluding hydrogens is 844 g/mol. The van der Waals surface area contributed by atoms with Gasteiger partial charge in [-0.2, -0.15) is 0 Å². The third-order valence-electron chi connectivity index (χ3n) is 9.51. The van der Waals surface area contributed by atoms with Gasteiger partial charge in [0.25, 0.3) is 5.56 Å². The number of nitrogens with zero attached hydrogens (tertiary/aromatic N) is 3. The van der Waals surface area contributed by atoms with Crippen molar-refractivity contribution in [3.05, 3.63) is 90.0 Å². The van der Waals surface area contributed by atoms with Crippen molar-refractivity contribution in [2.75, 3.05) is 26.5 Å². The van der Waals surface area contributed by atoms with Crippen LogP contribution in [0.25, 0.3) is 10.9 Å². The molecule has 20 heteroatoms. The molecule has 0 unspecified atom stereocenters. The number of H-pyrrole nitrogens is 1. The highest BCUT2D eigenvalue weighted by Gasteiger charge is 2.44. The SMILES string of the molecule is CCS(=O)(=O)c1ccc(Cl)cc1Cn1c(=O)[nH]c2c(Cl)c(CN3C[C@@H](CCCCc4ccc(OC)cc4OC)N(C(=O)OC(C)(C)C)C3=O)c(OC(F)(F)F)cc2c1=O. The van der Waals surface area contributed by atoms with E-state index >= 15 is 0 Å². The number of urea groups is 1. The molecule has 1 fully saturated rings. The molecule has 0 saturated carbocycles. The van der Waals surface area contributed by atoms with Crippen LogP contribution in [0.1, 0.15) is 63.6 Å². The number of hydrogen-bond donors (Lipinski definition) is 1. The Bertz CT molecular complexity index is 2490. The number of halogens is 5. The lowest BCUT2D eigenvalue weighted by atomic mass is 10.0. The number of aryl methyl sites for hydroxylation is 1. The summed E-state index contributed by atoms with van der Waals surface area (Å²) in [6, 6.07) is 8.33. The summed E-state index contributed by atoms with van der Waals surface area (Å²) in [7, 11) is -0.781. The summed E-state index contributed by atoms with van der Waals surface area (Å²) >= 11 is 12.8. The van der Waals surface area contributed by atoms with E-state index < -0.39 is 86.0 Å². The molecule has 320 valence electrons. The number of sulfone groups is 1. The normalized spacial score (nSPS) is 14.9. The number of amides is 3. The van der Waals surface area contributed by atoms with Gasteiger partial charge in [0.15, 0.2) is 9.84 Å². The van der Waals surface area contributed by atoms with Gasteiger partial charge in [-0.3, -0.25) is 9.36 Å². The second-order valence-corrected chi connectivity index (χ2v) is 17.8. The Labute approximate surface area is 347 Å². The van der Waals surface area contributed by atoms with Crippen molar-refractivity contribution in [3.8, 4) is 17.2 Å². The van der Waals surface area contributed by atoms with Gasteiger partial charge in [0, 0.05) is 23.2 Å². The van der Waals surface area contributed by atoms with Gasteiger partial charge >= 0.3 is 24.2 Å². The Morgan fingerprint density at radius 2 is 1.64 bits per heavy atom. The molecule has 2 heterocycles. The number of nitrogens with one attached hydrogen (secondary N) is 1. The number of carbonyl (C=O) groups excluding carboxylic acids is 2. The molecule has 1 atom stereocenters. The van der Waals surface area contributed by atoms with E-state index in [1.54, 1.807) is 40.0 Å². The zero-order chi connectivity index (χ0) is 43.6. The number of alkyl halides is 3. The van der Waals surface area contributed by atoms with Gasteiger partial charge in [-0.25, -0.2) is 27.7 Å². The maximum Gasteiger partial charge on any atom is 0.573 e. The molecule has 3 aromatic carbocycles. The van der Waals surface area contributed by atoms with E-state index in [9.17, 15) is 40.8 Å². The number of fused-ring (bicyclic) bond motifs is 1. The molecule has 0 aliphatic carbocycles. The fourth-order valence-electron chi connectivity index (χ4n) is 6.74. The first-order chi connectivity index (χ1) is 27.6. The molecule has 14 nitrogen and oxygen atoms in total. The highest BCUT2D eigenvalue weighted by atomic mass is 35.5. The van der Waals surface area contributed by atoms with Gasteiger partial charge in [-0.05, 0) is 81.5 Å². The molecule has 1 saturated heterocycles. The molecule has 5 rings (SSSR count). The zero-order valence-electron chi connectivity index (χ0n) is 33.0. The van der Waals surface area contributed by atoms with E-state index in [4.69, 9.17) is 37.4 Å². The van der Waals surface area contributed by atoms with Crippen molar-refractivity contribution >= 4 is 56.1 Å². The smallest absolute Gasteiger partial charge is 0.497 e. The van der Waals surface area contributed by atoms with Gasteiger partial charge in [0.05, 0.1) is 59.9 Å². The average Bonchev–Trinajstić information content (AvgIpc) is 3.46. The number of imide groups is 1. The quantitative estimate of drug-likeness (QED) is 0.124. The second-order valence-electron chi connectivity index (χ2n) is 14.7. The first-order valence-corrected chi connectivity index (χ1v) is 20.7. The largest absolute Gasteiger partial charge is 0.573 e. The average molecular weight is 888 g/mol. The highest BCUT2D eigenvalue weighted by Crippen LogP contribution is 2.38. The summed E-state index contributed by atoms with van der Waals surface area (Å²) in [5.41, 5.74) is -3.07. The van der Waals surface area contributed by atoms with Gasteiger partial charge in [-0.15, -0.1) is 13.2 Å². The van der Waals surface area contributed by atoms with E-state index in [-0.39, 0.29) is 33.3 Å². The molecule has 4 aromatic rings. The molecule has 0 radical (unpaired) electrons. The van der Waals surface area contributed by atoms with Crippen molar-refractivity contribution in [1.82, 2.24) is 19.4 Å². The van der Waals surface area contributed by atoms with Crippen molar-refractivity contribution in [2.24, 2.45) is 0 Å². The predicted octanol–water partition coefficient (Wildman–Crippen LogP) is 7.71. The number of ether oxygens (including phenoxy) is 4. The van der Waals surface area contributed by atoms with Gasteiger partial charge in [0.2, 0.25) is 0 Å². The van der Waals surface area contributed by atoms with Gasteiger partial charge in [-0.1, -0.05) is 42.6 Å². The molecule has 1 aliphatic heterocycles. The Hall–Kier alpha value is -4.94. The third kappa shape index (κ3) is 10.4. The van der Waals surface area contributed by atoms with Crippen molar-refractivity contribution < 1.29 is 50.1 Å². The van der Waals surface area contributed by atoms with Crippen LogP contribution in [0.4, 0.5) is 22.8 Å². The summed E-state index contributed by atoms with van der Waals surface area (Å²) in [5, 5.41) is -0.935. The number of aromatic amines is 1. The van der Waals surface area contributed by atoms with E-state index in [0.29, 0.717) is 41.7 Å². The van der Waals surface area contributed by atoms with Crippen molar-refractivity contribution in [1.29, 1.82) is 0 Å². The van der Waals surface area contributed by atoms with Crippen LogP contribution in [0.3, 0.4) is 0 Å². The van der Waals surface area contributed by atoms with Crippen LogP contribution in [-0.2, 0) is 34.1 Å². The van der Waals surface area contributed by atoms with E-state index in [0.717, 1.165) is 21.4 Å². The van der Waals surface area contributed by atoms with Crippen molar-refractivity contribution in [2.45, 2.75) is 89.4 Å². The van der Waals surface area contributed by atoms with Crippen LogP contribution in [0, 0.1) is 0 Å². The Morgan fingerprint density at radius 3 is 2.27 bits per heavy atom. The van der Waals surface area contributed by atoms with E-state index in [1.165, 1.54) is 32.2 Å². The van der Waals surface area contributed by atoms with Crippen LogP contribution in [0.5, 0.6) is 17.2 Å². The molecule has 1 N–H and O–H groups in total. The summed E-state index contributed by atoms with van der Waals surface area (Å²) in [5.74, 6) is -0.00613. The first-order valence-electron chi connectivity index (χ1n) is 18.3. The Morgan fingerprint density at radius 1 is 0.932 bits per heavy atom. The molecule has 1 aliphatic rings. The lowest BCUT2D eigenvalue weighted by molar-refractivity contribution is -0.274. The molecule has 0 bridgehead atoms. The highest BCUT2D eigenvalue weighted by molar-refractivity contribution is 7.91. The second kappa shape index (κ2) is 17.7. The lowest BCUT2D eigenvalue weighted by Crippen LogP contribution is -2.43. The third-order valence-corrected chi connectivity index (χ3v) is 12.0. The van der Waals surface area contributed by atoms with Gasteiger partial charge in [0.1, 0.15) is 22.8 Å². The number of rotatable bonds is 14. The van der Waals surface area contributed by atoms with E-state index in [1.807, 2.05) is 6.07 Å². The van der Waals surface area contributed by atoms with Crippen LogP contribution in [0.15, 0.2) is 56.9 Å². The Kier molecular flexibility index (Phi) is 13.6. The summed E-state index contributed by atoms with van der Waals surface area (Å²) in [6.45, 7) is 4.86. The number of methoxy groups -OCH3 is 2. The fraction of sp³-hybridized carbons (Fsp3) is 0.436. The van der Waals surface area contributed by atoms with Crippen molar-refractivity contribution in [3.63, 3.8) is 0 Å². The van der Waals surface area contributed by atoms with E-state index in [2.05, 4.69) is 9.72 Å². The minimum atomic E-state index is -5.30. The number of hydrogen-bond acceptors (Lipinski definition) is 10. The molecule has 59 heavy (non-hydrogen) atoms. The topological polar surface area (TPSA) is 167 Å². The predicted molar refractivity (Wildman–Crippen MR) is 214 cm³/mol. The first kappa shape index (κ1) is 45.1. The fourth-order valence-corrected chi connectivity index (χ4v) is 8.34. The molecule has 0 spiro atoms. The standard InChI is InChI=1S/C39H43Cl2F3N4O10S/c1-7-59(53,54)31-15-13-24(40)16-23(31)19-47-34(49)27-18-30(57-39(42,43)44)28(32(41)33(27)45-35(47)50)21-46-20-25(48(36(46)51)37(52)58-38(2,3)4)11-9-8-10-22-12-14-26(55-5)17-29(22)56-6/h12-18,25H,7-11,19-21H2,1-6H3,(H,45,50)/t25-/m1/s1. The molecular formula is C39H43Cl2F3N4O10S. The minimum Gasteiger partial charge on any atom is -0.497 e. The van der Waals surface area contributed by atoms with Gasteiger partial charge < -0.3 is 28.8 Å². The maximum absolute atomic E-state index is 13.9. The van der Waals surface area contributed by atoms with Crippen LogP contribution < -0.4 is 25.5 Å².